The summed E-state index contributed by atoms with van der Waals surface area (Å²) in [5.74, 6) is -1.98. The van der Waals surface area contributed by atoms with Gasteiger partial charge in [0.25, 0.3) is 0 Å². The minimum atomic E-state index is -1.09. The predicted molar refractivity (Wildman–Crippen MR) is 84.5 cm³/mol. The van der Waals surface area contributed by atoms with E-state index in [0.29, 0.717) is 12.8 Å². The molecular weight excluding hydrogens is 302 g/mol. The Bertz CT molecular complexity index is 455. The summed E-state index contributed by atoms with van der Waals surface area (Å²) in [5.41, 5.74) is -1.24. The van der Waals surface area contributed by atoms with E-state index in [1.165, 1.54) is 0 Å². The fraction of sp³-hybridized carbons (Fsp3) is 0.733. The van der Waals surface area contributed by atoms with E-state index >= 15 is 0 Å². The number of hydrogen-bond acceptors (Lipinski definition) is 4. The van der Waals surface area contributed by atoms with Crippen molar-refractivity contribution in [2.24, 2.45) is 10.8 Å². The van der Waals surface area contributed by atoms with Gasteiger partial charge >= 0.3 is 5.97 Å². The van der Waals surface area contributed by atoms with Crippen LogP contribution in [0.3, 0.4) is 0 Å². The molecule has 0 fully saturated rings. The highest BCUT2D eigenvalue weighted by atomic mass is 16.4. The summed E-state index contributed by atoms with van der Waals surface area (Å²) in [6.45, 7) is 8.72. The monoisotopic (exact) mass is 329 g/mol. The van der Waals surface area contributed by atoms with E-state index < -0.39 is 29.2 Å². The molecule has 0 aliphatic rings. The molecule has 1 atom stereocenters. The second-order valence-corrected chi connectivity index (χ2v) is 7.29. The summed E-state index contributed by atoms with van der Waals surface area (Å²) in [6, 6.07) is -0.991. The van der Waals surface area contributed by atoms with Crippen molar-refractivity contribution in [1.29, 1.82) is 0 Å². The van der Waals surface area contributed by atoms with Gasteiger partial charge in [-0.3, -0.25) is 14.4 Å². The first-order valence-corrected chi connectivity index (χ1v) is 7.36. The van der Waals surface area contributed by atoms with Crippen LogP contribution in [-0.2, 0) is 19.2 Å². The van der Waals surface area contributed by atoms with Gasteiger partial charge in [-0.05, 0) is 25.7 Å². The molecule has 23 heavy (non-hydrogen) atoms. The maximum absolute atomic E-state index is 12.3. The molecule has 0 spiro atoms. The summed E-state index contributed by atoms with van der Waals surface area (Å²) in [5, 5.41) is 16.5. The van der Waals surface area contributed by atoms with Gasteiger partial charge in [-0.2, -0.15) is 0 Å². The van der Waals surface area contributed by atoms with Crippen molar-refractivity contribution < 1.29 is 24.3 Å². The number of hydrogen-bond donors (Lipinski definition) is 4. The molecular formula is C15H27N3O5. The predicted octanol–water partition coefficient (Wildman–Crippen LogP) is -0.120. The summed E-state index contributed by atoms with van der Waals surface area (Å²) >= 11 is 0. The Hall–Kier alpha value is -2.12. The number of rotatable bonds is 9. The van der Waals surface area contributed by atoms with Crippen molar-refractivity contribution in [3.63, 3.8) is 0 Å². The van der Waals surface area contributed by atoms with E-state index in [2.05, 4.69) is 16.0 Å². The smallest absolute Gasteiger partial charge is 0.326 e. The van der Waals surface area contributed by atoms with E-state index in [-0.39, 0.29) is 18.5 Å². The van der Waals surface area contributed by atoms with Gasteiger partial charge in [-0.15, -0.1) is 0 Å². The average Bonchev–Trinajstić information content (AvgIpc) is 2.40. The summed E-state index contributed by atoms with van der Waals surface area (Å²) in [7, 11) is 0. The van der Waals surface area contributed by atoms with E-state index in [1.54, 1.807) is 13.8 Å². The number of aliphatic carboxylic acids is 1. The van der Waals surface area contributed by atoms with Crippen molar-refractivity contribution in [2.75, 3.05) is 13.1 Å². The zero-order chi connectivity index (χ0) is 18.3. The molecule has 0 heterocycles. The van der Waals surface area contributed by atoms with Gasteiger partial charge in [-0.1, -0.05) is 20.8 Å². The zero-order valence-corrected chi connectivity index (χ0v) is 14.4. The van der Waals surface area contributed by atoms with E-state index in [0.717, 1.165) is 0 Å². The SMILES string of the molecule is CC(C)(C)C[C@H](NC(=O)C(C)(C)CNC(=O)CNC=O)C(=O)O. The molecule has 0 aromatic heterocycles. The molecule has 0 aliphatic carbocycles. The molecule has 8 nitrogen and oxygen atoms in total. The fourth-order valence-corrected chi connectivity index (χ4v) is 1.76. The van der Waals surface area contributed by atoms with Gasteiger partial charge in [0.1, 0.15) is 6.04 Å². The highest BCUT2D eigenvalue weighted by molar-refractivity contribution is 5.88. The summed E-state index contributed by atoms with van der Waals surface area (Å²) in [6.07, 6.45) is 0.696. The molecule has 0 saturated heterocycles. The van der Waals surface area contributed by atoms with E-state index in [1.807, 2.05) is 20.8 Å². The molecule has 0 unspecified atom stereocenters. The van der Waals surface area contributed by atoms with Crippen molar-refractivity contribution in [3.05, 3.63) is 0 Å². The molecule has 0 radical (unpaired) electrons. The Kier molecular flexibility index (Phi) is 7.71. The largest absolute Gasteiger partial charge is 0.480 e. The third-order valence-electron chi connectivity index (χ3n) is 3.11. The molecule has 132 valence electrons. The lowest BCUT2D eigenvalue weighted by Gasteiger charge is -2.29. The maximum Gasteiger partial charge on any atom is 0.326 e. The molecule has 0 rings (SSSR count). The van der Waals surface area contributed by atoms with Crippen molar-refractivity contribution in [2.45, 2.75) is 47.1 Å². The molecule has 3 amide bonds. The van der Waals surface area contributed by atoms with Gasteiger partial charge in [0.2, 0.25) is 18.2 Å². The fourth-order valence-electron chi connectivity index (χ4n) is 1.76. The van der Waals surface area contributed by atoms with Crippen LogP contribution in [0.1, 0.15) is 41.0 Å². The number of carboxylic acids is 1. The van der Waals surface area contributed by atoms with E-state index in [9.17, 15) is 24.3 Å². The van der Waals surface area contributed by atoms with E-state index in [4.69, 9.17) is 0 Å². The quantitative estimate of drug-likeness (QED) is 0.439. The topological polar surface area (TPSA) is 125 Å². The van der Waals surface area contributed by atoms with Crippen LogP contribution in [0.15, 0.2) is 0 Å². The van der Waals surface area contributed by atoms with Crippen LogP contribution in [0.25, 0.3) is 0 Å². The molecule has 0 aliphatic heterocycles. The van der Waals surface area contributed by atoms with Gasteiger partial charge in [-0.25, -0.2) is 4.79 Å². The number of carboxylic acid groups (broad SMARTS) is 1. The summed E-state index contributed by atoms with van der Waals surface area (Å²) < 4.78 is 0. The van der Waals surface area contributed by atoms with Gasteiger partial charge in [0.15, 0.2) is 0 Å². The second kappa shape index (κ2) is 8.50. The highest BCUT2D eigenvalue weighted by Crippen LogP contribution is 2.22. The van der Waals surface area contributed by atoms with Crippen molar-refractivity contribution >= 4 is 24.2 Å². The van der Waals surface area contributed by atoms with Gasteiger partial charge in [0.05, 0.1) is 12.0 Å². The Balaban J connectivity index is 4.67. The number of amides is 3. The van der Waals surface area contributed by atoms with Crippen LogP contribution in [0.4, 0.5) is 0 Å². The van der Waals surface area contributed by atoms with Crippen LogP contribution in [0, 0.1) is 10.8 Å². The Morgan fingerprint density at radius 1 is 1.13 bits per heavy atom. The zero-order valence-electron chi connectivity index (χ0n) is 14.4. The second-order valence-electron chi connectivity index (χ2n) is 7.29. The lowest BCUT2D eigenvalue weighted by atomic mass is 9.86. The number of nitrogens with one attached hydrogen (secondary N) is 3. The highest BCUT2D eigenvalue weighted by Gasteiger charge is 2.33. The molecule has 0 bridgehead atoms. The van der Waals surface area contributed by atoms with Crippen LogP contribution < -0.4 is 16.0 Å². The van der Waals surface area contributed by atoms with Crippen LogP contribution in [0.5, 0.6) is 0 Å². The van der Waals surface area contributed by atoms with Gasteiger partial charge < -0.3 is 21.1 Å². The molecule has 0 aromatic rings. The first-order valence-electron chi connectivity index (χ1n) is 7.36. The normalized spacial score (nSPS) is 12.9. The number of carbonyl (C=O) groups excluding carboxylic acids is 3. The van der Waals surface area contributed by atoms with Gasteiger partial charge in [0, 0.05) is 6.54 Å². The van der Waals surface area contributed by atoms with Crippen LogP contribution in [-0.4, -0.2) is 48.4 Å². The summed E-state index contributed by atoms with van der Waals surface area (Å²) in [4.78, 5) is 45.1. The standard InChI is InChI=1S/C15H27N3O5/c1-14(2,3)6-10(12(21)22)18-13(23)15(4,5)8-17-11(20)7-16-9-19/h9-10H,6-8H2,1-5H3,(H,16,19)(H,17,20)(H,18,23)(H,21,22)/t10-/m0/s1. The minimum Gasteiger partial charge on any atom is -0.480 e. The third-order valence-corrected chi connectivity index (χ3v) is 3.11. The van der Waals surface area contributed by atoms with Crippen molar-refractivity contribution in [1.82, 2.24) is 16.0 Å². The minimum absolute atomic E-state index is 0.0278. The molecule has 8 heteroatoms. The Morgan fingerprint density at radius 3 is 2.13 bits per heavy atom. The molecule has 0 saturated carbocycles. The van der Waals surface area contributed by atoms with Crippen molar-refractivity contribution in [3.8, 4) is 0 Å². The lowest BCUT2D eigenvalue weighted by Crippen LogP contribution is -2.51. The number of carbonyl (C=O) groups is 4. The van der Waals surface area contributed by atoms with Crippen LogP contribution >= 0.6 is 0 Å². The third kappa shape index (κ3) is 8.80. The molecule has 4 N–H and O–H groups in total. The lowest BCUT2D eigenvalue weighted by molar-refractivity contribution is -0.144. The average molecular weight is 329 g/mol. The van der Waals surface area contributed by atoms with Crippen LogP contribution in [0.2, 0.25) is 0 Å². The first-order chi connectivity index (χ1) is 10.4. The Labute approximate surface area is 136 Å². The first kappa shape index (κ1) is 20.9. The molecule has 0 aromatic carbocycles. The Morgan fingerprint density at radius 2 is 1.70 bits per heavy atom. The maximum atomic E-state index is 12.3.